The number of fused-ring (bicyclic) bond motifs is 1. The number of thiazole rings is 1. The molecule has 0 bridgehead atoms. The molecule has 4 aromatic rings. The summed E-state index contributed by atoms with van der Waals surface area (Å²) < 4.78 is 6.16. The van der Waals surface area contributed by atoms with Gasteiger partial charge >= 0.3 is 0 Å². The van der Waals surface area contributed by atoms with Crippen LogP contribution in [-0.2, 0) is 6.54 Å². The summed E-state index contributed by atoms with van der Waals surface area (Å²) in [5.41, 5.74) is 4.91. The van der Waals surface area contributed by atoms with Crippen molar-refractivity contribution in [1.29, 1.82) is 0 Å². The second-order valence-corrected chi connectivity index (χ2v) is 6.46. The first-order valence-electron chi connectivity index (χ1n) is 6.95. The number of aromatic nitrogens is 5. The van der Waals surface area contributed by atoms with Crippen LogP contribution in [0.1, 0.15) is 12.6 Å². The third-order valence-corrected chi connectivity index (χ3v) is 5.05. The largest absolute Gasteiger partial charge is 0.267 e. The maximum Gasteiger partial charge on any atom is 0.182 e. The molecule has 0 unspecified atom stereocenters. The molecule has 0 aliphatic heterocycles. The predicted molar refractivity (Wildman–Crippen MR) is 90.2 cm³/mol. The summed E-state index contributed by atoms with van der Waals surface area (Å²) in [6, 6.07) is 2.10. The number of hydrogen-bond donors (Lipinski definition) is 0. The van der Waals surface area contributed by atoms with Crippen LogP contribution >= 0.6 is 22.9 Å². The highest BCUT2D eigenvalue weighted by molar-refractivity contribution is 7.13. The van der Waals surface area contributed by atoms with Gasteiger partial charge in [0.15, 0.2) is 5.65 Å². The smallest absolute Gasteiger partial charge is 0.182 e. The van der Waals surface area contributed by atoms with Crippen LogP contribution in [0.3, 0.4) is 0 Å². The lowest BCUT2D eigenvalue weighted by molar-refractivity contribution is 0.646. The van der Waals surface area contributed by atoms with Gasteiger partial charge in [0, 0.05) is 40.3 Å². The van der Waals surface area contributed by atoms with Gasteiger partial charge in [0.25, 0.3) is 0 Å². The van der Waals surface area contributed by atoms with Crippen LogP contribution in [0.4, 0.5) is 0 Å². The quantitative estimate of drug-likeness (QED) is 0.570. The second-order valence-electron chi connectivity index (χ2n) is 4.91. The number of aryl methyl sites for hydroxylation is 2. The van der Waals surface area contributed by atoms with Gasteiger partial charge in [-0.1, -0.05) is 0 Å². The van der Waals surface area contributed by atoms with Gasteiger partial charge in [-0.25, -0.2) is 14.3 Å². The molecule has 0 aliphatic rings. The van der Waals surface area contributed by atoms with Crippen LogP contribution in [-0.4, -0.2) is 24.1 Å². The van der Waals surface area contributed by atoms with Crippen molar-refractivity contribution in [1.82, 2.24) is 24.1 Å². The third kappa shape index (κ3) is 2.05. The van der Waals surface area contributed by atoms with Crippen molar-refractivity contribution in [2.45, 2.75) is 20.4 Å². The van der Waals surface area contributed by atoms with E-state index >= 15 is 0 Å². The maximum atomic E-state index is 4.73. The Morgan fingerprint density at radius 1 is 1.32 bits per heavy atom. The van der Waals surface area contributed by atoms with E-state index in [4.69, 9.17) is 4.98 Å². The lowest BCUT2D eigenvalue weighted by Gasteiger charge is -2.04. The zero-order chi connectivity index (χ0) is 15.1. The minimum atomic E-state index is 0.772. The van der Waals surface area contributed by atoms with E-state index < -0.39 is 0 Å². The first-order chi connectivity index (χ1) is 10.8. The fraction of sp³-hybridized carbons (Fsp3) is 0.200. The van der Waals surface area contributed by atoms with Gasteiger partial charge in [0.05, 0.1) is 17.3 Å². The predicted octanol–water partition coefficient (Wildman–Crippen LogP) is 4.01. The molecule has 0 fully saturated rings. The molecule has 0 amide bonds. The Morgan fingerprint density at radius 2 is 2.23 bits per heavy atom. The standard InChI is InChI=1S/C15H13N5S2/c1-3-20-9(2)13-11(15-16-4-5-21-15)6-12(18-14(13)19-20)10-7-17-22-8-10/h4-8H,3H2,1-2H3. The SMILES string of the molecule is CCn1nc2nc(-c3cnsc3)cc(-c3nccs3)c2c1C. The van der Waals surface area contributed by atoms with Crippen LogP contribution in [0.5, 0.6) is 0 Å². The van der Waals surface area contributed by atoms with Gasteiger partial charge in [-0.05, 0) is 31.4 Å². The second kappa shape index (κ2) is 5.26. The van der Waals surface area contributed by atoms with E-state index in [1.54, 1.807) is 11.3 Å². The Morgan fingerprint density at radius 3 is 2.91 bits per heavy atom. The first kappa shape index (κ1) is 13.5. The van der Waals surface area contributed by atoms with Crippen molar-refractivity contribution in [3.05, 3.63) is 34.9 Å². The summed E-state index contributed by atoms with van der Waals surface area (Å²) in [5.74, 6) is 0. The fourth-order valence-corrected chi connectivity index (χ4v) is 3.78. The first-order valence-corrected chi connectivity index (χ1v) is 8.67. The molecule has 22 heavy (non-hydrogen) atoms. The highest BCUT2D eigenvalue weighted by atomic mass is 32.1. The van der Waals surface area contributed by atoms with Crippen LogP contribution in [0.25, 0.3) is 32.9 Å². The molecule has 0 aromatic carbocycles. The Labute approximate surface area is 135 Å². The van der Waals surface area contributed by atoms with E-state index in [-0.39, 0.29) is 0 Å². The molecule has 4 aromatic heterocycles. The average molecular weight is 327 g/mol. The van der Waals surface area contributed by atoms with Gasteiger partial charge in [-0.3, -0.25) is 4.68 Å². The minimum Gasteiger partial charge on any atom is -0.267 e. The summed E-state index contributed by atoms with van der Waals surface area (Å²) in [6.45, 7) is 5.00. The summed E-state index contributed by atoms with van der Waals surface area (Å²) in [5, 5.41) is 10.7. The normalized spacial score (nSPS) is 11.4. The Bertz CT molecular complexity index is 923. The minimum absolute atomic E-state index is 0.772. The highest BCUT2D eigenvalue weighted by Gasteiger charge is 2.17. The van der Waals surface area contributed by atoms with Crippen LogP contribution in [0.2, 0.25) is 0 Å². The molecule has 5 nitrogen and oxygen atoms in total. The number of pyridine rings is 1. The number of hydrogen-bond acceptors (Lipinski definition) is 6. The van der Waals surface area contributed by atoms with E-state index in [9.17, 15) is 0 Å². The Hall–Kier alpha value is -2.12. The molecule has 4 rings (SSSR count). The highest BCUT2D eigenvalue weighted by Crippen LogP contribution is 2.34. The van der Waals surface area contributed by atoms with E-state index in [0.29, 0.717) is 0 Å². The molecule has 0 atom stereocenters. The van der Waals surface area contributed by atoms with Crippen LogP contribution in [0, 0.1) is 6.92 Å². The Kier molecular flexibility index (Phi) is 3.24. The summed E-state index contributed by atoms with van der Waals surface area (Å²) in [6.07, 6.45) is 3.67. The van der Waals surface area contributed by atoms with E-state index in [1.807, 2.05) is 27.8 Å². The van der Waals surface area contributed by atoms with Gasteiger partial charge < -0.3 is 0 Å². The fourth-order valence-electron chi connectivity index (χ4n) is 2.59. The van der Waals surface area contributed by atoms with Gasteiger partial charge in [0.1, 0.15) is 5.01 Å². The maximum absolute atomic E-state index is 4.73. The van der Waals surface area contributed by atoms with E-state index in [0.717, 1.165) is 45.1 Å². The lowest BCUT2D eigenvalue weighted by atomic mass is 10.1. The molecule has 0 saturated heterocycles. The van der Waals surface area contributed by atoms with E-state index in [1.165, 1.54) is 11.5 Å². The van der Waals surface area contributed by atoms with Crippen LogP contribution in [0.15, 0.2) is 29.2 Å². The van der Waals surface area contributed by atoms with Crippen molar-refractivity contribution >= 4 is 33.9 Å². The monoisotopic (exact) mass is 327 g/mol. The molecule has 0 radical (unpaired) electrons. The molecule has 0 saturated carbocycles. The summed E-state index contributed by atoms with van der Waals surface area (Å²) >= 11 is 3.06. The molecule has 7 heteroatoms. The van der Waals surface area contributed by atoms with Gasteiger partial charge in [-0.15, -0.1) is 11.3 Å². The molecule has 4 heterocycles. The van der Waals surface area contributed by atoms with Crippen molar-refractivity contribution in [3.8, 4) is 21.8 Å². The Balaban J connectivity index is 2.07. The van der Waals surface area contributed by atoms with Crippen molar-refractivity contribution < 1.29 is 0 Å². The number of nitrogens with zero attached hydrogens (tertiary/aromatic N) is 5. The summed E-state index contributed by atoms with van der Waals surface area (Å²) in [4.78, 5) is 9.21. The zero-order valence-corrected chi connectivity index (χ0v) is 13.8. The average Bonchev–Trinajstić information content (AvgIpc) is 3.28. The lowest BCUT2D eigenvalue weighted by Crippen LogP contribution is -1.98. The van der Waals surface area contributed by atoms with Gasteiger partial charge in [-0.2, -0.15) is 5.10 Å². The molecule has 0 N–H and O–H groups in total. The molecule has 0 spiro atoms. The number of rotatable bonds is 3. The van der Waals surface area contributed by atoms with Gasteiger partial charge in [0.2, 0.25) is 0 Å². The molecule has 110 valence electrons. The van der Waals surface area contributed by atoms with Crippen LogP contribution < -0.4 is 0 Å². The van der Waals surface area contributed by atoms with Crippen molar-refractivity contribution in [3.63, 3.8) is 0 Å². The molecule has 0 aliphatic carbocycles. The summed E-state index contributed by atoms with van der Waals surface area (Å²) in [7, 11) is 0. The molecular weight excluding hydrogens is 314 g/mol. The van der Waals surface area contributed by atoms with E-state index in [2.05, 4.69) is 34.4 Å². The zero-order valence-electron chi connectivity index (χ0n) is 12.1. The van der Waals surface area contributed by atoms with Crippen molar-refractivity contribution in [2.24, 2.45) is 0 Å². The topological polar surface area (TPSA) is 56.5 Å². The van der Waals surface area contributed by atoms with Crippen molar-refractivity contribution in [2.75, 3.05) is 0 Å². The third-order valence-electron chi connectivity index (χ3n) is 3.66. The molecular formula is C15H13N5S2.